The zero-order chi connectivity index (χ0) is 18.7. The number of hydrogen-bond donors (Lipinski definition) is 1. The number of nitrogens with two attached hydrogens (primary N) is 1. The van der Waals surface area contributed by atoms with Gasteiger partial charge in [-0.05, 0) is 50.3 Å². The molecule has 2 aliphatic rings. The van der Waals surface area contributed by atoms with E-state index in [0.717, 1.165) is 32.4 Å². The van der Waals surface area contributed by atoms with Crippen LogP contribution in [-0.4, -0.2) is 64.6 Å². The number of likely N-dealkylation sites (tertiary alicyclic amines) is 2. The molecular formula is C19H30Cl2N4O2S. The summed E-state index contributed by atoms with van der Waals surface area (Å²) >= 11 is 1.38. The standard InChI is InChI=1S/C19H28N4O2S.2ClH/c1-14(17(24)22-9-3-4-10-22)26-16-15(6-5-8-21-16)18(25)23-11-7-19(2,12-20)13-23;;/h5-6,8,14H,3-4,7,9-13,20H2,1-2H3;2*1H. The average molecular weight is 449 g/mol. The number of halogens is 2. The van der Waals surface area contributed by atoms with Crippen LogP contribution in [0.3, 0.4) is 0 Å². The van der Waals surface area contributed by atoms with Gasteiger partial charge < -0.3 is 15.5 Å². The Morgan fingerprint density at radius 3 is 2.54 bits per heavy atom. The summed E-state index contributed by atoms with van der Waals surface area (Å²) < 4.78 is 0. The van der Waals surface area contributed by atoms with Crippen molar-refractivity contribution < 1.29 is 9.59 Å². The van der Waals surface area contributed by atoms with E-state index in [-0.39, 0.29) is 47.3 Å². The minimum absolute atomic E-state index is 0. The van der Waals surface area contributed by atoms with Crippen LogP contribution in [0.15, 0.2) is 23.4 Å². The molecule has 158 valence electrons. The molecule has 2 atom stereocenters. The van der Waals surface area contributed by atoms with Gasteiger partial charge in [-0.1, -0.05) is 18.7 Å². The van der Waals surface area contributed by atoms with Gasteiger partial charge in [-0.3, -0.25) is 9.59 Å². The second-order valence-electron chi connectivity index (χ2n) is 7.64. The van der Waals surface area contributed by atoms with Crippen LogP contribution in [0.2, 0.25) is 0 Å². The number of nitrogens with zero attached hydrogens (tertiary/aromatic N) is 3. The highest BCUT2D eigenvalue weighted by Crippen LogP contribution is 2.32. The summed E-state index contributed by atoms with van der Waals surface area (Å²) in [7, 11) is 0. The highest BCUT2D eigenvalue weighted by Gasteiger charge is 2.36. The van der Waals surface area contributed by atoms with Gasteiger partial charge in [-0.15, -0.1) is 24.8 Å². The van der Waals surface area contributed by atoms with Crippen molar-refractivity contribution in [3.63, 3.8) is 0 Å². The van der Waals surface area contributed by atoms with E-state index in [1.54, 1.807) is 12.3 Å². The second kappa shape index (κ2) is 10.7. The van der Waals surface area contributed by atoms with Gasteiger partial charge in [0.2, 0.25) is 5.91 Å². The van der Waals surface area contributed by atoms with Crippen molar-refractivity contribution in [3.05, 3.63) is 23.9 Å². The lowest BCUT2D eigenvalue weighted by Gasteiger charge is -2.23. The van der Waals surface area contributed by atoms with Gasteiger partial charge in [0.15, 0.2) is 0 Å². The van der Waals surface area contributed by atoms with Crippen LogP contribution in [0.4, 0.5) is 0 Å². The molecule has 9 heteroatoms. The minimum atomic E-state index is -0.248. The molecule has 0 saturated carbocycles. The largest absolute Gasteiger partial charge is 0.342 e. The van der Waals surface area contributed by atoms with Crippen LogP contribution >= 0.6 is 36.6 Å². The lowest BCUT2D eigenvalue weighted by atomic mass is 9.90. The Morgan fingerprint density at radius 2 is 1.93 bits per heavy atom. The van der Waals surface area contributed by atoms with Gasteiger partial charge in [0.1, 0.15) is 5.03 Å². The third-order valence-electron chi connectivity index (χ3n) is 5.39. The molecule has 0 aromatic carbocycles. The number of thioether (sulfide) groups is 1. The number of aromatic nitrogens is 1. The van der Waals surface area contributed by atoms with Crippen molar-refractivity contribution in [1.29, 1.82) is 0 Å². The SMILES string of the molecule is CC(Sc1ncccc1C(=O)N1CCC(C)(CN)C1)C(=O)N1CCCC1.Cl.Cl. The molecule has 1 aromatic rings. The Kier molecular flexibility index (Phi) is 9.53. The zero-order valence-electron chi connectivity index (χ0n) is 16.4. The van der Waals surface area contributed by atoms with Gasteiger partial charge in [0, 0.05) is 32.4 Å². The molecule has 0 radical (unpaired) electrons. The van der Waals surface area contributed by atoms with Crippen LogP contribution in [-0.2, 0) is 4.79 Å². The Hall–Kier alpha value is -1.02. The monoisotopic (exact) mass is 448 g/mol. The lowest BCUT2D eigenvalue weighted by Crippen LogP contribution is -2.35. The summed E-state index contributed by atoms with van der Waals surface area (Å²) in [6.45, 7) is 7.65. The van der Waals surface area contributed by atoms with Crippen molar-refractivity contribution in [2.75, 3.05) is 32.7 Å². The summed E-state index contributed by atoms with van der Waals surface area (Å²) in [5, 5.41) is 0.390. The fourth-order valence-corrected chi connectivity index (χ4v) is 4.58. The number of carbonyl (C=O) groups is 2. The van der Waals surface area contributed by atoms with E-state index in [1.165, 1.54) is 11.8 Å². The molecule has 2 unspecified atom stereocenters. The molecule has 2 amide bonds. The molecule has 2 saturated heterocycles. The molecule has 2 fully saturated rings. The van der Waals surface area contributed by atoms with Crippen molar-refractivity contribution in [3.8, 4) is 0 Å². The molecule has 0 spiro atoms. The van der Waals surface area contributed by atoms with Crippen LogP contribution in [0.1, 0.15) is 43.5 Å². The first-order valence-corrected chi connectivity index (χ1v) is 10.2. The maximum atomic E-state index is 13.0. The van der Waals surface area contributed by atoms with Crippen molar-refractivity contribution in [2.45, 2.75) is 43.4 Å². The summed E-state index contributed by atoms with van der Waals surface area (Å²) in [5.74, 6) is 0.118. The smallest absolute Gasteiger partial charge is 0.256 e. The lowest BCUT2D eigenvalue weighted by molar-refractivity contribution is -0.129. The Balaban J connectivity index is 0.00000196. The van der Waals surface area contributed by atoms with E-state index >= 15 is 0 Å². The predicted molar refractivity (Wildman–Crippen MR) is 118 cm³/mol. The molecule has 0 bridgehead atoms. The molecular weight excluding hydrogens is 419 g/mol. The van der Waals surface area contributed by atoms with Crippen LogP contribution in [0.25, 0.3) is 0 Å². The van der Waals surface area contributed by atoms with E-state index in [9.17, 15) is 9.59 Å². The molecule has 28 heavy (non-hydrogen) atoms. The Morgan fingerprint density at radius 1 is 1.25 bits per heavy atom. The summed E-state index contributed by atoms with van der Waals surface area (Å²) in [4.78, 5) is 33.8. The van der Waals surface area contributed by atoms with E-state index in [2.05, 4.69) is 11.9 Å². The predicted octanol–water partition coefficient (Wildman–Crippen LogP) is 2.84. The molecule has 1 aromatic heterocycles. The van der Waals surface area contributed by atoms with Gasteiger partial charge in [-0.2, -0.15) is 0 Å². The van der Waals surface area contributed by atoms with Gasteiger partial charge in [-0.25, -0.2) is 4.98 Å². The molecule has 0 aliphatic carbocycles. The molecule has 3 heterocycles. The van der Waals surface area contributed by atoms with Crippen molar-refractivity contribution in [2.24, 2.45) is 11.1 Å². The van der Waals surface area contributed by atoms with Gasteiger partial charge in [0.05, 0.1) is 10.8 Å². The maximum absolute atomic E-state index is 13.0. The summed E-state index contributed by atoms with van der Waals surface area (Å²) in [5.41, 5.74) is 6.43. The van der Waals surface area contributed by atoms with E-state index in [1.807, 2.05) is 22.8 Å². The first-order valence-electron chi connectivity index (χ1n) is 9.33. The second-order valence-corrected chi connectivity index (χ2v) is 8.97. The first kappa shape index (κ1) is 25.0. The third kappa shape index (κ3) is 5.53. The van der Waals surface area contributed by atoms with Crippen molar-refractivity contribution >= 4 is 48.4 Å². The van der Waals surface area contributed by atoms with Crippen molar-refractivity contribution in [1.82, 2.24) is 14.8 Å². The van der Waals surface area contributed by atoms with Crippen LogP contribution < -0.4 is 5.73 Å². The fourth-order valence-electron chi connectivity index (χ4n) is 3.59. The Bertz CT molecular complexity index is 688. The highest BCUT2D eigenvalue weighted by molar-refractivity contribution is 8.00. The van der Waals surface area contributed by atoms with E-state index in [4.69, 9.17) is 5.73 Å². The topological polar surface area (TPSA) is 79.5 Å². The first-order chi connectivity index (χ1) is 12.4. The maximum Gasteiger partial charge on any atom is 0.256 e. The van der Waals surface area contributed by atoms with E-state index < -0.39 is 0 Å². The average Bonchev–Trinajstić information content (AvgIpc) is 3.31. The Labute approximate surface area is 183 Å². The molecule has 6 nitrogen and oxygen atoms in total. The van der Waals surface area contributed by atoms with Gasteiger partial charge in [0.25, 0.3) is 5.91 Å². The quantitative estimate of drug-likeness (QED) is 0.700. The van der Waals surface area contributed by atoms with E-state index in [0.29, 0.717) is 30.2 Å². The van der Waals surface area contributed by atoms with Gasteiger partial charge >= 0.3 is 0 Å². The summed E-state index contributed by atoms with van der Waals surface area (Å²) in [6, 6.07) is 3.59. The molecule has 2 aliphatic heterocycles. The number of pyridine rings is 1. The fraction of sp³-hybridized carbons (Fsp3) is 0.632. The number of rotatable bonds is 5. The third-order valence-corrected chi connectivity index (χ3v) is 6.50. The normalized spacial score (nSPS) is 22.4. The highest BCUT2D eigenvalue weighted by atomic mass is 35.5. The number of carbonyl (C=O) groups excluding carboxylic acids is 2. The molecule has 3 rings (SSSR count). The van der Waals surface area contributed by atoms with Crippen LogP contribution in [0, 0.1) is 5.41 Å². The summed E-state index contributed by atoms with van der Waals surface area (Å²) in [6.07, 6.45) is 4.75. The molecule has 2 N–H and O–H groups in total. The number of amides is 2. The number of hydrogen-bond acceptors (Lipinski definition) is 5. The van der Waals surface area contributed by atoms with Crippen LogP contribution in [0.5, 0.6) is 0 Å². The zero-order valence-corrected chi connectivity index (χ0v) is 18.9. The minimum Gasteiger partial charge on any atom is -0.342 e.